The number of primary amides is 1. The molecule has 1 atom stereocenters. The molecule has 0 aromatic carbocycles. The Kier molecular flexibility index (Phi) is 36.6. The second-order valence-electron chi connectivity index (χ2n) is 0.227. The molecule has 0 aliphatic rings. The highest BCUT2D eigenvalue weighted by atomic mass is 31.1. The summed E-state index contributed by atoms with van der Waals surface area (Å²) in [5.74, 6) is 0. The molecule has 0 spiro atoms. The second kappa shape index (κ2) is 24.1. The highest BCUT2D eigenvalue weighted by Gasteiger charge is 1.45. The minimum absolute atomic E-state index is 0.250. The van der Waals surface area contributed by atoms with Crippen molar-refractivity contribution in [3.63, 3.8) is 0 Å². The van der Waals surface area contributed by atoms with Gasteiger partial charge in [0.25, 0.3) is 0 Å². The van der Waals surface area contributed by atoms with Gasteiger partial charge in [0.05, 0.1) is 0 Å². The summed E-state index contributed by atoms with van der Waals surface area (Å²) in [6.07, 6.45) is 0.250. The van der Waals surface area contributed by atoms with E-state index in [-0.39, 0.29) is 6.41 Å². The summed E-state index contributed by atoms with van der Waals surface area (Å²) in [5, 5.41) is 0. The zero-order valence-corrected chi connectivity index (χ0v) is 3.92. The maximum atomic E-state index is 8.58. The van der Waals surface area contributed by atoms with Gasteiger partial charge in [0.1, 0.15) is 0 Å². The largest absolute Gasteiger partial charge is 0.491 e. The van der Waals surface area contributed by atoms with E-state index in [1.807, 2.05) is 0 Å². The van der Waals surface area contributed by atoms with Crippen molar-refractivity contribution >= 4 is 15.1 Å². The van der Waals surface area contributed by atoms with Crippen molar-refractivity contribution in [3.8, 4) is 0 Å². The van der Waals surface area contributed by atoms with Crippen LogP contribution in [0.3, 0.4) is 0 Å². The quantitative estimate of drug-likeness (QED) is 0.310. The molecule has 0 aliphatic heterocycles. The van der Waals surface area contributed by atoms with Gasteiger partial charge in [-0.25, -0.2) is 0 Å². The number of amides is 1. The van der Waals surface area contributed by atoms with Crippen LogP contribution < -0.4 is 5.73 Å². The molecule has 1 amide bonds. The van der Waals surface area contributed by atoms with Crippen LogP contribution in [0.1, 0.15) is 0 Å². The highest BCUT2D eigenvalue weighted by molar-refractivity contribution is 7.16. The molecule has 5 heteroatoms. The topological polar surface area (TPSA) is 80.4 Å². The Morgan fingerprint density at radius 2 is 1.83 bits per heavy atom. The predicted molar refractivity (Wildman–Crippen MR) is 21.5 cm³/mol. The Morgan fingerprint density at radius 1 is 1.83 bits per heavy atom. The lowest BCUT2D eigenvalue weighted by Crippen LogP contribution is -1.82. The highest BCUT2D eigenvalue weighted by Crippen LogP contribution is 1.66. The first kappa shape index (κ1) is 9.11. The fourth-order valence-electron chi connectivity index (χ4n) is 0. The van der Waals surface area contributed by atoms with Gasteiger partial charge in [-0.05, 0) is 4.57 Å². The fourth-order valence-corrected chi connectivity index (χ4v) is 0. The van der Waals surface area contributed by atoms with Gasteiger partial charge in [-0.2, -0.15) is 4.89 Å². The first-order chi connectivity index (χ1) is 2.83. The van der Waals surface area contributed by atoms with Crippen molar-refractivity contribution in [1.29, 1.82) is 0 Å². The van der Waals surface area contributed by atoms with Crippen molar-refractivity contribution in [3.05, 3.63) is 0 Å². The van der Waals surface area contributed by atoms with Crippen LogP contribution in [0, 0.1) is 0 Å². The molecule has 4 nitrogen and oxygen atoms in total. The van der Waals surface area contributed by atoms with Crippen LogP contribution in [0.5, 0.6) is 0 Å². The van der Waals surface area contributed by atoms with Gasteiger partial charge in [0.15, 0.2) is 0 Å². The Labute approximate surface area is 36.2 Å². The summed E-state index contributed by atoms with van der Waals surface area (Å²) in [5.41, 5.74) is 4.17. The number of carbonyl (C=O) groups is 1. The van der Waals surface area contributed by atoms with Crippen molar-refractivity contribution in [2.45, 2.75) is 0 Å². The van der Waals surface area contributed by atoms with Gasteiger partial charge >= 0.3 is 8.69 Å². The van der Waals surface area contributed by atoms with Gasteiger partial charge in [-0.3, -0.25) is 4.79 Å². The number of hydrogen-bond donors (Lipinski definition) is 2. The molecule has 6 heavy (non-hydrogen) atoms. The lowest BCUT2D eigenvalue weighted by atomic mass is 11.5. The minimum atomic E-state index is -1.17. The molecule has 1 unspecified atom stereocenters. The Balaban J connectivity index is 0. The smallest absolute Gasteiger partial charge is 0.372 e. The molecule has 0 aromatic rings. The van der Waals surface area contributed by atoms with Crippen LogP contribution in [-0.2, 0) is 9.36 Å². The molecule has 0 aliphatic carbocycles. The standard InChI is InChI=1S/CH3NO.HO2P/c2-1-3;1-3-2/h1H,(H2,2,3);3H/p+1. The summed E-state index contributed by atoms with van der Waals surface area (Å²) in [7, 11) is -1.17. The van der Waals surface area contributed by atoms with Crippen molar-refractivity contribution in [2.24, 2.45) is 5.73 Å². The van der Waals surface area contributed by atoms with E-state index in [9.17, 15) is 0 Å². The van der Waals surface area contributed by atoms with E-state index >= 15 is 0 Å². The SMILES string of the molecule is NC=O.O=[PH+]O. The van der Waals surface area contributed by atoms with Gasteiger partial charge in [0, 0.05) is 0 Å². The van der Waals surface area contributed by atoms with E-state index in [0.29, 0.717) is 0 Å². The van der Waals surface area contributed by atoms with Gasteiger partial charge < -0.3 is 5.73 Å². The molecule has 0 saturated heterocycles. The second-order valence-corrected chi connectivity index (χ2v) is 0.410. The number of hydrogen-bond acceptors (Lipinski definition) is 2. The molecule has 0 heterocycles. The summed E-state index contributed by atoms with van der Waals surface area (Å²) in [6, 6.07) is 0. The maximum absolute atomic E-state index is 8.58. The van der Waals surface area contributed by atoms with Gasteiger partial charge in [0.2, 0.25) is 6.41 Å². The van der Waals surface area contributed by atoms with E-state index in [1.165, 1.54) is 0 Å². The van der Waals surface area contributed by atoms with Gasteiger partial charge in [-0.15, -0.1) is 0 Å². The minimum Gasteiger partial charge on any atom is -0.372 e. The molecule has 0 saturated carbocycles. The van der Waals surface area contributed by atoms with E-state index in [4.69, 9.17) is 14.3 Å². The number of nitrogens with two attached hydrogens (primary N) is 1. The third kappa shape index (κ3) is 102. The normalized spacial score (nSPS) is 5.50. The van der Waals surface area contributed by atoms with Crippen molar-refractivity contribution < 1.29 is 14.3 Å². The third-order valence-corrected chi connectivity index (χ3v) is 0. The lowest BCUT2D eigenvalue weighted by molar-refractivity contribution is -0.106. The Bertz CT molecular complexity index is 31.8. The molecule has 0 aromatic heterocycles. The third-order valence-electron chi connectivity index (χ3n) is 0. The van der Waals surface area contributed by atoms with Crippen molar-refractivity contribution in [1.82, 2.24) is 0 Å². The summed E-state index contributed by atoms with van der Waals surface area (Å²) in [6.45, 7) is 0. The number of rotatable bonds is 0. The van der Waals surface area contributed by atoms with Crippen LogP contribution in [0.15, 0.2) is 0 Å². The van der Waals surface area contributed by atoms with E-state index in [2.05, 4.69) is 5.73 Å². The summed E-state index contributed by atoms with van der Waals surface area (Å²) >= 11 is 0. The predicted octanol–water partition coefficient (Wildman–Crippen LogP) is -0.981. The van der Waals surface area contributed by atoms with Crippen LogP contribution in [0.25, 0.3) is 0 Å². The zero-order valence-electron chi connectivity index (χ0n) is 2.92. The molecule has 0 bridgehead atoms. The Morgan fingerprint density at radius 3 is 1.83 bits per heavy atom. The molecular formula is CH5NO3P+. The van der Waals surface area contributed by atoms with E-state index < -0.39 is 8.69 Å². The molecular weight excluding hydrogens is 105 g/mol. The van der Waals surface area contributed by atoms with E-state index in [0.717, 1.165) is 0 Å². The van der Waals surface area contributed by atoms with Crippen LogP contribution >= 0.6 is 8.69 Å². The van der Waals surface area contributed by atoms with Crippen molar-refractivity contribution in [2.75, 3.05) is 0 Å². The van der Waals surface area contributed by atoms with Crippen LogP contribution in [0.4, 0.5) is 0 Å². The molecule has 0 rings (SSSR count). The summed E-state index contributed by atoms with van der Waals surface area (Å²) < 4.78 is 8.51. The first-order valence-corrected chi connectivity index (χ1v) is 1.85. The van der Waals surface area contributed by atoms with Gasteiger partial charge in [-0.1, -0.05) is 0 Å². The molecule has 3 N–H and O–H groups in total. The van der Waals surface area contributed by atoms with E-state index in [1.54, 1.807) is 0 Å². The fraction of sp³-hybridized carbons (Fsp3) is 0. The molecule has 0 fully saturated rings. The summed E-state index contributed by atoms with van der Waals surface area (Å²) in [4.78, 5) is 15.6. The van der Waals surface area contributed by atoms with Crippen LogP contribution in [0.2, 0.25) is 0 Å². The first-order valence-electron chi connectivity index (χ1n) is 0.997. The average molecular weight is 110 g/mol. The maximum Gasteiger partial charge on any atom is 0.491 e. The zero-order chi connectivity index (χ0) is 5.41. The average Bonchev–Trinajstić information content (AvgIpc) is 1.39. The monoisotopic (exact) mass is 110 g/mol. The molecule has 0 radical (unpaired) electrons. The van der Waals surface area contributed by atoms with Crippen LogP contribution in [-0.4, -0.2) is 11.3 Å². The lowest BCUT2D eigenvalue weighted by Gasteiger charge is -1.32. The molecule has 36 valence electrons. The number of carbonyl (C=O) groups excluding carboxylic acids is 1. The Hall–Kier alpha value is -0.470.